The summed E-state index contributed by atoms with van der Waals surface area (Å²) >= 11 is 0. The first kappa shape index (κ1) is 98.1. The minimum atomic E-state index is -4.96. The lowest BCUT2D eigenvalue weighted by atomic mass is 10.0. The van der Waals surface area contributed by atoms with Crippen molar-refractivity contribution in [3.8, 4) is 0 Å². The molecule has 0 heterocycles. The lowest BCUT2D eigenvalue weighted by Crippen LogP contribution is -2.30. The Morgan fingerprint density at radius 2 is 0.460 bits per heavy atom. The molecule has 0 aliphatic rings. The molecule has 0 fully saturated rings. The Labute approximate surface area is 613 Å². The summed E-state index contributed by atoms with van der Waals surface area (Å²) in [4.78, 5) is 72.9. The Bertz CT molecular complexity index is 1910. The van der Waals surface area contributed by atoms with E-state index in [1.54, 1.807) is 0 Å². The summed E-state index contributed by atoms with van der Waals surface area (Å²) in [5, 5.41) is 10.6. The smallest absolute Gasteiger partial charge is 0.462 e. The van der Waals surface area contributed by atoms with Crippen LogP contribution in [0.1, 0.15) is 433 Å². The van der Waals surface area contributed by atoms with Gasteiger partial charge in [0.2, 0.25) is 0 Å². The summed E-state index contributed by atoms with van der Waals surface area (Å²) in [6.07, 6.45) is 65.5. The van der Waals surface area contributed by atoms with E-state index in [0.29, 0.717) is 31.6 Å². The number of phosphoric ester groups is 2. The minimum Gasteiger partial charge on any atom is -0.462 e. The van der Waals surface area contributed by atoms with Crippen molar-refractivity contribution in [3.05, 3.63) is 0 Å². The zero-order valence-corrected chi connectivity index (χ0v) is 67.1. The largest absolute Gasteiger partial charge is 0.472 e. The first-order chi connectivity index (χ1) is 48.5. The average Bonchev–Trinajstić information content (AvgIpc) is 0.917. The lowest BCUT2D eigenvalue weighted by molar-refractivity contribution is -0.161. The molecule has 0 saturated carbocycles. The zero-order valence-electron chi connectivity index (χ0n) is 65.3. The topological polar surface area (TPSA) is 237 Å². The lowest BCUT2D eigenvalue weighted by Gasteiger charge is -2.21. The van der Waals surface area contributed by atoms with Gasteiger partial charge in [0.1, 0.15) is 19.3 Å². The first-order valence-electron chi connectivity index (χ1n) is 42.1. The van der Waals surface area contributed by atoms with Gasteiger partial charge in [-0.15, -0.1) is 0 Å². The number of hydrogen-bond acceptors (Lipinski definition) is 15. The van der Waals surface area contributed by atoms with Gasteiger partial charge in [-0.2, -0.15) is 0 Å². The van der Waals surface area contributed by atoms with E-state index in [1.165, 1.54) is 250 Å². The number of aliphatic hydroxyl groups excluding tert-OH is 1. The molecule has 3 N–H and O–H groups in total. The van der Waals surface area contributed by atoms with Gasteiger partial charge in [0, 0.05) is 25.7 Å². The van der Waals surface area contributed by atoms with Gasteiger partial charge in [-0.3, -0.25) is 37.3 Å². The van der Waals surface area contributed by atoms with Gasteiger partial charge in [-0.1, -0.05) is 381 Å². The predicted octanol–water partition coefficient (Wildman–Crippen LogP) is 24.4. The molecule has 100 heavy (non-hydrogen) atoms. The summed E-state index contributed by atoms with van der Waals surface area (Å²) in [5.74, 6) is -1.43. The predicted molar refractivity (Wildman–Crippen MR) is 409 cm³/mol. The van der Waals surface area contributed by atoms with Crippen molar-refractivity contribution >= 4 is 39.5 Å². The number of aliphatic hydroxyl groups is 1. The van der Waals surface area contributed by atoms with Gasteiger partial charge < -0.3 is 33.8 Å². The summed E-state index contributed by atoms with van der Waals surface area (Å²) < 4.78 is 68.7. The monoisotopic (exact) mass is 1470 g/mol. The van der Waals surface area contributed by atoms with Crippen molar-refractivity contribution in [2.75, 3.05) is 39.6 Å². The second-order valence-electron chi connectivity index (χ2n) is 29.6. The normalized spacial score (nSPS) is 13.8. The van der Waals surface area contributed by atoms with Gasteiger partial charge in [-0.25, -0.2) is 9.13 Å². The van der Waals surface area contributed by atoms with Crippen molar-refractivity contribution in [2.24, 2.45) is 5.92 Å². The molecular formula is C81H158O17P2. The molecule has 5 atom stereocenters. The van der Waals surface area contributed by atoms with Crippen LogP contribution in [0.15, 0.2) is 0 Å². The van der Waals surface area contributed by atoms with E-state index in [9.17, 15) is 43.2 Å². The minimum absolute atomic E-state index is 0.107. The van der Waals surface area contributed by atoms with Crippen LogP contribution in [0.25, 0.3) is 0 Å². The molecule has 0 saturated heterocycles. The van der Waals surface area contributed by atoms with Crippen LogP contribution in [0.3, 0.4) is 0 Å². The fourth-order valence-corrected chi connectivity index (χ4v) is 14.2. The van der Waals surface area contributed by atoms with Crippen LogP contribution >= 0.6 is 15.6 Å². The van der Waals surface area contributed by atoms with Gasteiger partial charge in [0.05, 0.1) is 26.4 Å². The SMILES string of the molecule is CCCCCCCCCCCCCCCCCCCCCCCCC(=O)O[C@H](COC(=O)CCCCCCCCCCCCCCCCCC)COP(=O)(O)OC[C@@H](O)COP(=O)(O)OC[C@@H](COC(=O)CCCCCCCCC(C)C)OC(=O)CCCCCCCCCCCCCCC. The number of rotatable bonds is 81. The van der Waals surface area contributed by atoms with Gasteiger partial charge in [0.25, 0.3) is 0 Å². The number of carbonyl (C=O) groups is 4. The Morgan fingerprint density at radius 1 is 0.270 bits per heavy atom. The van der Waals surface area contributed by atoms with Crippen LogP contribution < -0.4 is 0 Å². The summed E-state index contributed by atoms with van der Waals surface area (Å²) in [6.45, 7) is 7.24. The van der Waals surface area contributed by atoms with Crippen molar-refractivity contribution in [3.63, 3.8) is 0 Å². The molecule has 0 radical (unpaired) electrons. The Hall–Kier alpha value is -1.94. The summed E-state index contributed by atoms with van der Waals surface area (Å²) in [5.41, 5.74) is 0. The third-order valence-electron chi connectivity index (χ3n) is 19.0. The van der Waals surface area contributed by atoms with E-state index in [2.05, 4.69) is 34.6 Å². The highest BCUT2D eigenvalue weighted by atomic mass is 31.2. The number of hydrogen-bond donors (Lipinski definition) is 3. The van der Waals surface area contributed by atoms with Crippen LogP contribution in [-0.4, -0.2) is 96.7 Å². The highest BCUT2D eigenvalue weighted by Gasteiger charge is 2.30. The Morgan fingerprint density at radius 3 is 0.680 bits per heavy atom. The zero-order chi connectivity index (χ0) is 73.4. The number of phosphoric acid groups is 2. The van der Waals surface area contributed by atoms with Gasteiger partial charge >= 0.3 is 39.5 Å². The number of esters is 4. The Balaban J connectivity index is 5.19. The molecule has 0 amide bonds. The molecule has 0 aromatic heterocycles. The number of ether oxygens (including phenoxy) is 4. The van der Waals surface area contributed by atoms with Crippen molar-refractivity contribution in [1.82, 2.24) is 0 Å². The summed E-state index contributed by atoms with van der Waals surface area (Å²) in [6, 6.07) is 0. The van der Waals surface area contributed by atoms with Crippen LogP contribution in [0.4, 0.5) is 0 Å². The van der Waals surface area contributed by atoms with Crippen LogP contribution in [0.2, 0.25) is 0 Å². The van der Waals surface area contributed by atoms with E-state index < -0.39 is 97.5 Å². The molecule has 0 aliphatic heterocycles. The van der Waals surface area contributed by atoms with Crippen molar-refractivity contribution in [2.45, 2.75) is 451 Å². The molecule has 17 nitrogen and oxygen atoms in total. The van der Waals surface area contributed by atoms with E-state index in [4.69, 9.17) is 37.0 Å². The average molecular weight is 1470 g/mol. The molecule has 19 heteroatoms. The van der Waals surface area contributed by atoms with Gasteiger partial charge in [-0.05, 0) is 31.6 Å². The third-order valence-corrected chi connectivity index (χ3v) is 20.9. The maximum atomic E-state index is 13.1. The second-order valence-corrected chi connectivity index (χ2v) is 32.5. The maximum Gasteiger partial charge on any atom is 0.472 e. The second kappa shape index (κ2) is 73.9. The fourth-order valence-electron chi connectivity index (χ4n) is 12.6. The van der Waals surface area contributed by atoms with E-state index >= 15 is 0 Å². The van der Waals surface area contributed by atoms with Crippen molar-refractivity contribution < 1.29 is 80.2 Å². The molecule has 0 bridgehead atoms. The highest BCUT2D eigenvalue weighted by Crippen LogP contribution is 2.45. The van der Waals surface area contributed by atoms with E-state index in [1.807, 2.05) is 0 Å². The van der Waals surface area contributed by atoms with E-state index in [0.717, 1.165) is 96.3 Å². The molecule has 0 aromatic rings. The number of unbranched alkanes of at least 4 members (excludes halogenated alkanes) is 53. The molecule has 0 rings (SSSR count). The fraction of sp³-hybridized carbons (Fsp3) is 0.951. The first-order valence-corrected chi connectivity index (χ1v) is 45.1. The quantitative estimate of drug-likeness (QED) is 0.0222. The standard InChI is InChI=1S/C81H158O17P2/c1-6-9-12-15-18-21-24-27-29-31-32-33-34-35-36-38-41-44-47-50-57-62-67-80(85)97-76(70-91-78(83)64-59-54-48-45-42-40-37-30-28-25-22-19-16-13-10-7-2)72-95-99(87,88)93-68-75(82)69-94-100(89,90)96-73-77(71-92-79(84)65-60-55-52-51-53-58-63-74(4)5)98-81(86)66-61-56-49-46-43-39-26-23-20-17-14-11-8-3/h74-77,82H,6-73H2,1-5H3,(H,87,88)(H,89,90)/t75-,76-,77-/m1/s1. The Kier molecular flexibility index (Phi) is 72.5. The van der Waals surface area contributed by atoms with Gasteiger partial charge in [0.15, 0.2) is 12.2 Å². The summed E-state index contributed by atoms with van der Waals surface area (Å²) in [7, 11) is -9.92. The molecule has 594 valence electrons. The van der Waals surface area contributed by atoms with Crippen LogP contribution in [0, 0.1) is 5.92 Å². The number of carbonyl (C=O) groups excluding carboxylic acids is 4. The van der Waals surface area contributed by atoms with Crippen LogP contribution in [0.5, 0.6) is 0 Å². The molecule has 0 aliphatic carbocycles. The molecule has 2 unspecified atom stereocenters. The van der Waals surface area contributed by atoms with Crippen molar-refractivity contribution in [1.29, 1.82) is 0 Å². The molecule has 0 aromatic carbocycles. The van der Waals surface area contributed by atoms with E-state index in [-0.39, 0.29) is 25.7 Å². The highest BCUT2D eigenvalue weighted by molar-refractivity contribution is 7.47. The molecular weight excluding hydrogens is 1310 g/mol. The van der Waals surface area contributed by atoms with Crippen LogP contribution in [-0.2, 0) is 65.4 Å². The third kappa shape index (κ3) is 74.3. The maximum absolute atomic E-state index is 13.1. The molecule has 0 spiro atoms.